The third-order valence-corrected chi connectivity index (χ3v) is 6.33. The maximum atomic E-state index is 13.2. The zero-order chi connectivity index (χ0) is 22.1. The molecule has 1 fully saturated rings. The number of fused-ring (bicyclic) bond motifs is 1. The maximum Gasteiger partial charge on any atom is 0.339 e. The minimum absolute atomic E-state index is 0.0427. The van der Waals surface area contributed by atoms with Gasteiger partial charge in [-0.15, -0.1) is 0 Å². The van der Waals surface area contributed by atoms with Crippen molar-refractivity contribution in [2.45, 2.75) is 51.6 Å². The van der Waals surface area contributed by atoms with E-state index >= 15 is 0 Å². The molecule has 4 rings (SSSR count). The first-order valence-corrected chi connectivity index (χ1v) is 10.9. The lowest BCUT2D eigenvalue weighted by Gasteiger charge is -2.30. The monoisotopic (exact) mass is 439 g/mol. The Morgan fingerprint density at radius 2 is 1.94 bits per heavy atom. The molecule has 2 aromatic carbocycles. The molecule has 1 aliphatic rings. The first-order chi connectivity index (χ1) is 14.9. The van der Waals surface area contributed by atoms with Crippen LogP contribution in [0.15, 0.2) is 51.7 Å². The van der Waals surface area contributed by atoms with Crippen LogP contribution in [-0.2, 0) is 11.2 Å². The third kappa shape index (κ3) is 4.47. The Morgan fingerprint density at radius 1 is 1.23 bits per heavy atom. The SMILES string of the molecule is COc1ccc2c(C)c(CCC(=O)N(C3CC3)C(C)c3ccc(Cl)cc3)c(=O)oc2c1. The number of carbonyl (C=O) groups excluding carboxylic acids is 1. The lowest BCUT2D eigenvalue weighted by Crippen LogP contribution is -2.36. The van der Waals surface area contributed by atoms with Crippen LogP contribution in [0.25, 0.3) is 11.0 Å². The van der Waals surface area contributed by atoms with Crippen LogP contribution >= 0.6 is 11.6 Å². The smallest absolute Gasteiger partial charge is 0.339 e. The normalized spacial score (nSPS) is 14.5. The van der Waals surface area contributed by atoms with Crippen molar-refractivity contribution >= 4 is 28.5 Å². The van der Waals surface area contributed by atoms with Crippen LogP contribution < -0.4 is 10.4 Å². The van der Waals surface area contributed by atoms with Gasteiger partial charge in [0.05, 0.1) is 13.2 Å². The molecular weight excluding hydrogens is 414 g/mol. The lowest BCUT2D eigenvalue weighted by atomic mass is 10.0. The Morgan fingerprint density at radius 3 is 2.58 bits per heavy atom. The van der Waals surface area contributed by atoms with Crippen LogP contribution in [0.4, 0.5) is 0 Å². The largest absolute Gasteiger partial charge is 0.497 e. The van der Waals surface area contributed by atoms with Crippen molar-refractivity contribution in [3.63, 3.8) is 0 Å². The van der Waals surface area contributed by atoms with Gasteiger partial charge in [0.2, 0.25) is 5.91 Å². The Balaban J connectivity index is 1.55. The van der Waals surface area contributed by atoms with E-state index in [1.807, 2.05) is 55.1 Å². The summed E-state index contributed by atoms with van der Waals surface area (Å²) in [6.45, 7) is 3.95. The van der Waals surface area contributed by atoms with Crippen molar-refractivity contribution in [3.8, 4) is 5.75 Å². The van der Waals surface area contributed by atoms with Crippen molar-refractivity contribution in [3.05, 3.63) is 74.6 Å². The molecule has 1 aliphatic carbocycles. The molecule has 0 spiro atoms. The molecule has 0 saturated heterocycles. The molecule has 3 aromatic rings. The fourth-order valence-electron chi connectivity index (χ4n) is 4.14. The summed E-state index contributed by atoms with van der Waals surface area (Å²) in [5.74, 6) is 0.688. The van der Waals surface area contributed by atoms with Gasteiger partial charge in [-0.2, -0.15) is 0 Å². The minimum Gasteiger partial charge on any atom is -0.497 e. The number of methoxy groups -OCH3 is 1. The summed E-state index contributed by atoms with van der Waals surface area (Å²) in [5, 5.41) is 1.54. The van der Waals surface area contributed by atoms with Gasteiger partial charge in [-0.05, 0) is 68.5 Å². The van der Waals surface area contributed by atoms with Crippen LogP contribution in [-0.4, -0.2) is 24.0 Å². The zero-order valence-electron chi connectivity index (χ0n) is 18.0. The number of aryl methyl sites for hydroxylation is 1. The number of hydrogen-bond donors (Lipinski definition) is 0. The molecule has 1 unspecified atom stereocenters. The highest BCUT2D eigenvalue weighted by Gasteiger charge is 2.36. The summed E-state index contributed by atoms with van der Waals surface area (Å²) < 4.78 is 10.7. The minimum atomic E-state index is -0.394. The molecule has 0 bridgehead atoms. The second-order valence-electron chi connectivity index (χ2n) is 8.11. The highest BCUT2D eigenvalue weighted by atomic mass is 35.5. The molecule has 1 amide bonds. The van der Waals surface area contributed by atoms with E-state index in [9.17, 15) is 9.59 Å². The van der Waals surface area contributed by atoms with Crippen LogP contribution in [0.3, 0.4) is 0 Å². The number of carbonyl (C=O) groups is 1. The molecule has 1 atom stereocenters. The number of nitrogens with zero attached hydrogens (tertiary/aromatic N) is 1. The molecule has 5 nitrogen and oxygen atoms in total. The predicted molar refractivity (Wildman–Crippen MR) is 122 cm³/mol. The Kier molecular flexibility index (Phi) is 6.05. The van der Waals surface area contributed by atoms with E-state index in [1.165, 1.54) is 0 Å². The molecule has 0 aliphatic heterocycles. The Bertz CT molecular complexity index is 1160. The van der Waals surface area contributed by atoms with E-state index in [0.29, 0.717) is 28.3 Å². The molecule has 1 saturated carbocycles. The molecule has 0 radical (unpaired) electrons. The van der Waals surface area contributed by atoms with E-state index in [1.54, 1.807) is 13.2 Å². The van der Waals surface area contributed by atoms with Gasteiger partial charge in [0.25, 0.3) is 0 Å². The van der Waals surface area contributed by atoms with E-state index in [2.05, 4.69) is 0 Å². The van der Waals surface area contributed by atoms with Crippen LogP contribution in [0, 0.1) is 6.92 Å². The van der Waals surface area contributed by atoms with Crippen molar-refractivity contribution in [2.24, 2.45) is 0 Å². The van der Waals surface area contributed by atoms with Crippen LogP contribution in [0.2, 0.25) is 5.02 Å². The fraction of sp³-hybridized carbons (Fsp3) is 0.360. The van der Waals surface area contributed by atoms with Crippen molar-refractivity contribution < 1.29 is 13.9 Å². The Hall–Kier alpha value is -2.79. The number of halogens is 1. The van der Waals surface area contributed by atoms with Gasteiger partial charge in [-0.1, -0.05) is 23.7 Å². The van der Waals surface area contributed by atoms with Gasteiger partial charge >= 0.3 is 5.63 Å². The summed E-state index contributed by atoms with van der Waals surface area (Å²) in [6.07, 6.45) is 2.65. The highest BCUT2D eigenvalue weighted by molar-refractivity contribution is 6.30. The zero-order valence-corrected chi connectivity index (χ0v) is 18.7. The van der Waals surface area contributed by atoms with Crippen molar-refractivity contribution in [1.82, 2.24) is 4.90 Å². The van der Waals surface area contributed by atoms with Gasteiger partial charge in [-0.25, -0.2) is 4.79 Å². The van der Waals surface area contributed by atoms with E-state index in [0.717, 1.165) is 29.4 Å². The van der Waals surface area contributed by atoms with Gasteiger partial charge in [0.1, 0.15) is 11.3 Å². The second-order valence-corrected chi connectivity index (χ2v) is 8.55. The Labute approximate surface area is 186 Å². The van der Waals surface area contributed by atoms with Gasteiger partial charge in [0, 0.05) is 34.5 Å². The third-order valence-electron chi connectivity index (χ3n) is 6.08. The average Bonchev–Trinajstić information content (AvgIpc) is 3.58. The number of hydrogen-bond acceptors (Lipinski definition) is 4. The molecule has 0 N–H and O–H groups in total. The summed E-state index contributed by atoms with van der Waals surface area (Å²) in [4.78, 5) is 27.8. The molecular formula is C25H26ClNO4. The predicted octanol–water partition coefficient (Wildman–Crippen LogP) is 5.45. The van der Waals surface area contributed by atoms with Crippen molar-refractivity contribution in [2.75, 3.05) is 7.11 Å². The first kappa shape index (κ1) is 21.4. The molecule has 1 aromatic heterocycles. The maximum absolute atomic E-state index is 13.2. The average molecular weight is 440 g/mol. The topological polar surface area (TPSA) is 59.8 Å². The molecule has 31 heavy (non-hydrogen) atoms. The van der Waals surface area contributed by atoms with Gasteiger partial charge in [-0.3, -0.25) is 4.79 Å². The molecule has 6 heteroatoms. The molecule has 162 valence electrons. The number of ether oxygens (including phenoxy) is 1. The quantitative estimate of drug-likeness (QED) is 0.459. The van der Waals surface area contributed by atoms with Gasteiger partial charge < -0.3 is 14.1 Å². The highest BCUT2D eigenvalue weighted by Crippen LogP contribution is 2.35. The lowest BCUT2D eigenvalue weighted by molar-refractivity contribution is -0.134. The first-order valence-electron chi connectivity index (χ1n) is 10.6. The van der Waals surface area contributed by atoms with Gasteiger partial charge in [0.15, 0.2) is 0 Å². The number of amides is 1. The summed E-state index contributed by atoms with van der Waals surface area (Å²) in [6, 6.07) is 13.3. The number of benzene rings is 2. The van der Waals surface area contributed by atoms with E-state index < -0.39 is 5.63 Å². The number of rotatable bonds is 7. The van der Waals surface area contributed by atoms with E-state index in [4.69, 9.17) is 20.8 Å². The molecule has 1 heterocycles. The summed E-state index contributed by atoms with van der Waals surface area (Å²) >= 11 is 6.01. The van der Waals surface area contributed by atoms with Crippen molar-refractivity contribution in [1.29, 1.82) is 0 Å². The van der Waals surface area contributed by atoms with Crippen LogP contribution in [0.5, 0.6) is 5.75 Å². The second kappa shape index (κ2) is 8.75. The summed E-state index contributed by atoms with van der Waals surface area (Å²) in [7, 11) is 1.57. The van der Waals surface area contributed by atoms with E-state index in [-0.39, 0.29) is 24.4 Å². The van der Waals surface area contributed by atoms with Crippen LogP contribution in [0.1, 0.15) is 48.9 Å². The standard InChI is InChI=1S/C25H26ClNO4/c1-15-21-11-10-20(30-3)14-23(21)31-25(29)22(15)12-13-24(28)27(19-8-9-19)16(2)17-4-6-18(26)7-5-17/h4-7,10-11,14,16,19H,8-9,12-13H2,1-3H3. The summed E-state index contributed by atoms with van der Waals surface area (Å²) in [5.41, 5.74) is 2.56. The fourth-order valence-corrected chi connectivity index (χ4v) is 4.27.